The molecule has 0 radical (unpaired) electrons. The van der Waals surface area contributed by atoms with Crippen LogP contribution < -0.4 is 10.6 Å². The summed E-state index contributed by atoms with van der Waals surface area (Å²) < 4.78 is 27.5. The molecular formula is C25H23N3O4S2. The molecule has 5 rings (SSSR count). The van der Waals surface area contributed by atoms with E-state index in [9.17, 15) is 18.0 Å². The number of fused-ring (bicyclic) bond motifs is 1. The van der Waals surface area contributed by atoms with Gasteiger partial charge in [0.15, 0.2) is 0 Å². The highest BCUT2D eigenvalue weighted by molar-refractivity contribution is 7.89. The van der Waals surface area contributed by atoms with E-state index < -0.39 is 10.0 Å². The van der Waals surface area contributed by atoms with Crippen LogP contribution in [0, 0.1) is 11.8 Å². The van der Waals surface area contributed by atoms with Crippen LogP contribution in [0.4, 0.5) is 5.69 Å². The Balaban J connectivity index is 1.21. The Morgan fingerprint density at radius 3 is 2.32 bits per heavy atom. The fourth-order valence-corrected chi connectivity index (χ4v) is 6.74. The molecule has 2 aliphatic rings. The van der Waals surface area contributed by atoms with Gasteiger partial charge in [-0.1, -0.05) is 36.9 Å². The van der Waals surface area contributed by atoms with E-state index in [0.29, 0.717) is 23.7 Å². The number of rotatable bonds is 7. The van der Waals surface area contributed by atoms with Gasteiger partial charge in [0.1, 0.15) is 0 Å². The van der Waals surface area contributed by atoms with Crippen LogP contribution in [0.1, 0.15) is 9.67 Å². The van der Waals surface area contributed by atoms with E-state index in [1.54, 1.807) is 12.1 Å². The molecule has 1 saturated heterocycles. The smallest absolute Gasteiger partial charge is 0.265 e. The van der Waals surface area contributed by atoms with Crippen molar-refractivity contribution in [2.24, 2.45) is 11.8 Å². The zero-order chi connectivity index (χ0) is 23.9. The summed E-state index contributed by atoms with van der Waals surface area (Å²) in [5.74, 6) is -0.187. The van der Waals surface area contributed by atoms with Crippen molar-refractivity contribution < 1.29 is 18.0 Å². The van der Waals surface area contributed by atoms with E-state index >= 15 is 0 Å². The van der Waals surface area contributed by atoms with Crippen molar-refractivity contribution in [1.29, 1.82) is 0 Å². The van der Waals surface area contributed by atoms with Crippen LogP contribution in [0.2, 0.25) is 0 Å². The van der Waals surface area contributed by atoms with Gasteiger partial charge in [-0.15, -0.1) is 11.3 Å². The number of anilines is 1. The molecule has 1 aromatic heterocycles. The minimum atomic E-state index is -3.63. The Labute approximate surface area is 202 Å². The highest BCUT2D eigenvalue weighted by Gasteiger charge is 2.58. The van der Waals surface area contributed by atoms with Crippen molar-refractivity contribution in [3.05, 3.63) is 83.6 Å². The maximum absolute atomic E-state index is 13.0. The van der Waals surface area contributed by atoms with Crippen molar-refractivity contribution in [3.8, 4) is 11.1 Å². The summed E-state index contributed by atoms with van der Waals surface area (Å²) in [5, 5.41) is 7.62. The van der Waals surface area contributed by atoms with Gasteiger partial charge < -0.3 is 10.6 Å². The number of carbonyl (C=O) groups is 2. The summed E-state index contributed by atoms with van der Waals surface area (Å²) in [5.41, 5.74) is 2.54. The van der Waals surface area contributed by atoms with Crippen LogP contribution in [-0.2, 0) is 14.8 Å². The average Bonchev–Trinajstić information content (AvgIpc) is 3.23. The Morgan fingerprint density at radius 2 is 1.68 bits per heavy atom. The number of nitrogens with zero attached hydrogens (tertiary/aromatic N) is 1. The number of benzene rings is 2. The maximum Gasteiger partial charge on any atom is 0.265 e. The number of nitrogens with one attached hydrogen (secondary N) is 2. The fourth-order valence-electron chi connectivity index (χ4n) is 4.41. The molecule has 2 aromatic carbocycles. The molecule has 1 aliphatic carbocycles. The lowest BCUT2D eigenvalue weighted by Crippen LogP contribution is -2.36. The molecule has 2 heterocycles. The molecule has 2 fully saturated rings. The molecule has 2 amide bonds. The molecule has 0 spiro atoms. The minimum Gasteiger partial charge on any atom is -0.349 e. The van der Waals surface area contributed by atoms with Crippen LogP contribution in [-0.4, -0.2) is 43.7 Å². The Kier molecular flexibility index (Phi) is 5.85. The summed E-state index contributed by atoms with van der Waals surface area (Å²) in [6.07, 6.45) is 1.23. The van der Waals surface area contributed by atoms with E-state index in [2.05, 4.69) is 17.2 Å². The number of hydrogen-bond acceptors (Lipinski definition) is 5. The lowest BCUT2D eigenvalue weighted by atomic mass is 10.1. The van der Waals surface area contributed by atoms with E-state index in [4.69, 9.17) is 0 Å². The van der Waals surface area contributed by atoms with Crippen molar-refractivity contribution in [2.45, 2.75) is 10.9 Å². The molecule has 1 aliphatic heterocycles. The Hall–Kier alpha value is -3.27. The van der Waals surface area contributed by atoms with Gasteiger partial charge in [0.25, 0.3) is 5.91 Å². The van der Waals surface area contributed by atoms with Crippen molar-refractivity contribution in [3.63, 3.8) is 0 Å². The van der Waals surface area contributed by atoms with Crippen LogP contribution in [0.15, 0.2) is 83.6 Å². The molecule has 174 valence electrons. The van der Waals surface area contributed by atoms with Crippen molar-refractivity contribution >= 4 is 38.9 Å². The monoisotopic (exact) mass is 493 g/mol. The zero-order valence-corrected chi connectivity index (χ0v) is 19.8. The third kappa shape index (κ3) is 4.29. The number of hydrogen-bond donors (Lipinski definition) is 2. The molecule has 1 saturated carbocycles. The number of piperidine rings is 1. The van der Waals surface area contributed by atoms with E-state index in [1.165, 1.54) is 33.9 Å². The third-order valence-electron chi connectivity index (χ3n) is 6.34. The molecule has 2 unspecified atom stereocenters. The van der Waals surface area contributed by atoms with Crippen LogP contribution >= 0.6 is 11.3 Å². The largest absolute Gasteiger partial charge is 0.349 e. The van der Waals surface area contributed by atoms with E-state index in [0.717, 1.165) is 11.1 Å². The fraction of sp³-hybridized carbons (Fsp3) is 0.200. The normalized spacial score (nSPS) is 21.5. The van der Waals surface area contributed by atoms with Gasteiger partial charge in [0.2, 0.25) is 15.9 Å². The summed E-state index contributed by atoms with van der Waals surface area (Å²) in [6, 6.07) is 17.9. The first kappa shape index (κ1) is 22.5. The van der Waals surface area contributed by atoms with Crippen molar-refractivity contribution in [1.82, 2.24) is 9.62 Å². The lowest BCUT2D eigenvalue weighted by Gasteiger charge is -2.20. The molecule has 2 atom stereocenters. The predicted molar refractivity (Wildman–Crippen MR) is 132 cm³/mol. The summed E-state index contributed by atoms with van der Waals surface area (Å²) >= 11 is 1.36. The third-order valence-corrected chi connectivity index (χ3v) is 9.11. The molecule has 3 aromatic rings. The maximum atomic E-state index is 13.0. The standard InChI is InChI=1S/C25H23N3O4S2/c1-2-23(29)27-24-20-13-28(14-21(20)24)34(31,32)19-10-8-18(9-11-19)26-25(30)22-12-17(15-33-22)16-6-4-3-5-7-16/h2-12,15,20-21,24H,1,13-14H2,(H,26,30)(H,27,29). The SMILES string of the molecule is C=CC(=O)NC1C2CN(S(=O)(=O)c3ccc(NC(=O)c4cc(-c5ccccc5)cs4)cc3)CC21. The first-order valence-corrected chi connectivity index (χ1v) is 13.2. The van der Waals surface area contributed by atoms with Gasteiger partial charge >= 0.3 is 0 Å². The van der Waals surface area contributed by atoms with E-state index in [1.807, 2.05) is 41.8 Å². The number of thiophene rings is 1. The van der Waals surface area contributed by atoms with Crippen molar-refractivity contribution in [2.75, 3.05) is 18.4 Å². The Bertz CT molecular complexity index is 1340. The topological polar surface area (TPSA) is 95.6 Å². The van der Waals surface area contributed by atoms with Crippen LogP contribution in [0.5, 0.6) is 0 Å². The quantitative estimate of drug-likeness (QED) is 0.492. The second kappa shape index (κ2) is 8.83. The first-order chi connectivity index (χ1) is 16.4. The average molecular weight is 494 g/mol. The predicted octanol–water partition coefficient (Wildman–Crippen LogP) is 3.59. The van der Waals surface area contributed by atoms with Gasteiger partial charge in [0, 0.05) is 24.8 Å². The second-order valence-corrected chi connectivity index (χ2v) is 11.3. The van der Waals surface area contributed by atoms with Gasteiger partial charge in [-0.05, 0) is 64.8 Å². The number of carbonyl (C=O) groups excluding carboxylic acids is 2. The molecule has 9 heteroatoms. The Morgan fingerprint density at radius 1 is 1.00 bits per heavy atom. The van der Waals surface area contributed by atoms with Crippen LogP contribution in [0.25, 0.3) is 11.1 Å². The minimum absolute atomic E-state index is 0.0224. The van der Waals surface area contributed by atoms with E-state index in [-0.39, 0.29) is 34.6 Å². The lowest BCUT2D eigenvalue weighted by molar-refractivity contribution is -0.116. The summed E-state index contributed by atoms with van der Waals surface area (Å²) in [4.78, 5) is 24.9. The number of amides is 2. The zero-order valence-electron chi connectivity index (χ0n) is 18.2. The van der Waals surface area contributed by atoms with Gasteiger partial charge in [-0.2, -0.15) is 4.31 Å². The molecular weight excluding hydrogens is 470 g/mol. The summed E-state index contributed by atoms with van der Waals surface area (Å²) in [6.45, 7) is 4.21. The number of sulfonamides is 1. The highest BCUT2D eigenvalue weighted by Crippen LogP contribution is 2.47. The molecule has 34 heavy (non-hydrogen) atoms. The second-order valence-electron chi connectivity index (χ2n) is 8.43. The van der Waals surface area contributed by atoms with Gasteiger partial charge in [-0.3, -0.25) is 9.59 Å². The highest BCUT2D eigenvalue weighted by atomic mass is 32.2. The van der Waals surface area contributed by atoms with Crippen LogP contribution in [0.3, 0.4) is 0 Å². The molecule has 7 nitrogen and oxygen atoms in total. The molecule has 0 bridgehead atoms. The first-order valence-electron chi connectivity index (χ1n) is 10.9. The van der Waals surface area contributed by atoms with Gasteiger partial charge in [0.05, 0.1) is 9.77 Å². The van der Waals surface area contributed by atoms with Gasteiger partial charge in [-0.25, -0.2) is 8.42 Å². The molecule has 2 N–H and O–H groups in total. The summed E-state index contributed by atoms with van der Waals surface area (Å²) in [7, 11) is -3.63.